The maximum absolute atomic E-state index is 6.01. The molecule has 0 spiro atoms. The van der Waals surface area contributed by atoms with Crippen molar-refractivity contribution in [1.29, 1.82) is 0 Å². The number of piperidine rings is 1. The summed E-state index contributed by atoms with van der Waals surface area (Å²) in [5.41, 5.74) is 1.49. The first-order chi connectivity index (χ1) is 11.8. The highest BCUT2D eigenvalue weighted by Crippen LogP contribution is 2.23. The summed E-state index contributed by atoms with van der Waals surface area (Å²) in [5, 5.41) is 3.92. The second kappa shape index (κ2) is 6.52. The molecule has 24 heavy (non-hydrogen) atoms. The maximum Gasteiger partial charge on any atom is 0.225 e. The van der Waals surface area contributed by atoms with Crippen LogP contribution >= 0.6 is 11.6 Å². The third kappa shape index (κ3) is 3.07. The average Bonchev–Trinajstić information content (AvgIpc) is 2.64. The van der Waals surface area contributed by atoms with Crippen molar-refractivity contribution >= 4 is 34.4 Å². The van der Waals surface area contributed by atoms with E-state index in [1.165, 1.54) is 0 Å². The van der Waals surface area contributed by atoms with E-state index in [-0.39, 0.29) is 0 Å². The van der Waals surface area contributed by atoms with Crippen LogP contribution in [0, 0.1) is 0 Å². The van der Waals surface area contributed by atoms with Gasteiger partial charge in [-0.1, -0.05) is 11.6 Å². The van der Waals surface area contributed by atoms with E-state index in [4.69, 9.17) is 11.6 Å². The second-order valence-electron chi connectivity index (χ2n) is 5.68. The van der Waals surface area contributed by atoms with Crippen LogP contribution in [0.1, 0.15) is 12.8 Å². The molecule has 3 aromatic rings. The lowest BCUT2D eigenvalue weighted by Crippen LogP contribution is -2.40. The molecule has 1 aliphatic heterocycles. The molecule has 1 saturated heterocycles. The van der Waals surface area contributed by atoms with E-state index in [0.717, 1.165) is 43.2 Å². The minimum Gasteiger partial charge on any atom is -0.365 e. The smallest absolute Gasteiger partial charge is 0.225 e. The summed E-state index contributed by atoms with van der Waals surface area (Å²) in [6.07, 6.45) is 7.05. The SMILES string of the molecule is Clc1ccc2ncnc(NC3CCN(c4ncccn4)CC3)c2n1. The second-order valence-corrected chi connectivity index (χ2v) is 6.07. The Morgan fingerprint density at radius 1 is 1.04 bits per heavy atom. The van der Waals surface area contributed by atoms with Gasteiger partial charge in [0, 0.05) is 31.5 Å². The van der Waals surface area contributed by atoms with Crippen LogP contribution in [0.3, 0.4) is 0 Å². The first-order valence-electron chi connectivity index (χ1n) is 7.85. The van der Waals surface area contributed by atoms with Gasteiger partial charge in [-0.05, 0) is 31.0 Å². The fourth-order valence-electron chi connectivity index (χ4n) is 2.89. The van der Waals surface area contributed by atoms with Gasteiger partial charge in [0.15, 0.2) is 5.82 Å². The van der Waals surface area contributed by atoms with Gasteiger partial charge in [0.2, 0.25) is 5.95 Å². The van der Waals surface area contributed by atoms with Crippen LogP contribution in [-0.2, 0) is 0 Å². The molecule has 1 aliphatic rings. The highest BCUT2D eigenvalue weighted by molar-refractivity contribution is 6.29. The molecule has 0 atom stereocenters. The Bertz CT molecular complexity index is 834. The largest absolute Gasteiger partial charge is 0.365 e. The van der Waals surface area contributed by atoms with Crippen molar-refractivity contribution in [3.8, 4) is 0 Å². The molecular formula is C16H16ClN7. The highest BCUT2D eigenvalue weighted by atomic mass is 35.5. The summed E-state index contributed by atoms with van der Waals surface area (Å²) in [6, 6.07) is 5.74. The molecule has 3 aromatic heterocycles. The van der Waals surface area contributed by atoms with E-state index >= 15 is 0 Å². The minimum absolute atomic E-state index is 0.323. The number of halogens is 1. The molecule has 0 saturated carbocycles. The van der Waals surface area contributed by atoms with Crippen molar-refractivity contribution in [3.05, 3.63) is 42.1 Å². The van der Waals surface area contributed by atoms with Gasteiger partial charge < -0.3 is 10.2 Å². The lowest BCUT2D eigenvalue weighted by atomic mass is 10.1. The van der Waals surface area contributed by atoms with Crippen molar-refractivity contribution in [2.45, 2.75) is 18.9 Å². The highest BCUT2D eigenvalue weighted by Gasteiger charge is 2.21. The topological polar surface area (TPSA) is 79.7 Å². The van der Waals surface area contributed by atoms with Crippen LogP contribution in [0.15, 0.2) is 36.9 Å². The summed E-state index contributed by atoms with van der Waals surface area (Å²) in [4.78, 5) is 23.7. The van der Waals surface area contributed by atoms with Gasteiger partial charge in [0.05, 0.1) is 5.52 Å². The lowest BCUT2D eigenvalue weighted by Gasteiger charge is -2.32. The van der Waals surface area contributed by atoms with Crippen molar-refractivity contribution in [2.75, 3.05) is 23.3 Å². The van der Waals surface area contributed by atoms with Crippen molar-refractivity contribution in [3.63, 3.8) is 0 Å². The third-order valence-corrected chi connectivity index (χ3v) is 4.33. The molecule has 8 heteroatoms. The zero-order valence-electron chi connectivity index (χ0n) is 12.9. The number of pyridine rings is 1. The van der Waals surface area contributed by atoms with Gasteiger partial charge in [-0.25, -0.2) is 24.9 Å². The zero-order valence-corrected chi connectivity index (χ0v) is 13.7. The van der Waals surface area contributed by atoms with Gasteiger partial charge in [0.25, 0.3) is 0 Å². The van der Waals surface area contributed by atoms with Gasteiger partial charge in [-0.3, -0.25) is 0 Å². The van der Waals surface area contributed by atoms with E-state index < -0.39 is 0 Å². The Hall–Kier alpha value is -2.54. The van der Waals surface area contributed by atoms with Crippen molar-refractivity contribution in [1.82, 2.24) is 24.9 Å². The van der Waals surface area contributed by atoms with E-state index in [1.54, 1.807) is 24.8 Å². The maximum atomic E-state index is 6.01. The molecule has 0 unspecified atom stereocenters. The fourth-order valence-corrected chi connectivity index (χ4v) is 3.04. The predicted octanol–water partition coefficient (Wildman–Crippen LogP) is 2.55. The standard InChI is InChI=1S/C16H16ClN7/c17-13-3-2-12-14(23-13)15(21-10-20-12)22-11-4-8-24(9-5-11)16-18-6-1-7-19-16/h1-3,6-7,10-11H,4-5,8-9H2,(H,20,21,22). The van der Waals surface area contributed by atoms with Crippen molar-refractivity contribution in [2.24, 2.45) is 0 Å². The van der Waals surface area contributed by atoms with Crippen molar-refractivity contribution < 1.29 is 0 Å². The quantitative estimate of drug-likeness (QED) is 0.733. The van der Waals surface area contributed by atoms with E-state index in [9.17, 15) is 0 Å². The summed E-state index contributed by atoms with van der Waals surface area (Å²) in [7, 11) is 0. The molecule has 1 fully saturated rings. The van der Waals surface area contributed by atoms with E-state index in [1.807, 2.05) is 12.1 Å². The van der Waals surface area contributed by atoms with Crippen LogP contribution in [0.2, 0.25) is 5.15 Å². The predicted molar refractivity (Wildman–Crippen MR) is 93.2 cm³/mol. The monoisotopic (exact) mass is 341 g/mol. The normalized spacial score (nSPS) is 15.6. The molecule has 4 rings (SSSR count). The fraction of sp³-hybridized carbons (Fsp3) is 0.312. The molecule has 7 nitrogen and oxygen atoms in total. The number of fused-ring (bicyclic) bond motifs is 1. The number of aromatic nitrogens is 5. The molecule has 0 aliphatic carbocycles. The van der Waals surface area contributed by atoms with E-state index in [2.05, 4.69) is 35.1 Å². The molecule has 0 amide bonds. The zero-order chi connectivity index (χ0) is 16.4. The van der Waals surface area contributed by atoms with Gasteiger partial charge >= 0.3 is 0 Å². The number of hydrogen-bond acceptors (Lipinski definition) is 7. The number of hydrogen-bond donors (Lipinski definition) is 1. The van der Waals surface area contributed by atoms with Gasteiger partial charge in [-0.15, -0.1) is 0 Å². The van der Waals surface area contributed by atoms with Crippen LogP contribution in [0.5, 0.6) is 0 Å². The molecular weight excluding hydrogens is 326 g/mol. The number of nitrogens with one attached hydrogen (secondary N) is 1. The summed E-state index contributed by atoms with van der Waals surface area (Å²) < 4.78 is 0. The van der Waals surface area contributed by atoms with Crippen LogP contribution in [-0.4, -0.2) is 44.1 Å². The van der Waals surface area contributed by atoms with Gasteiger partial charge in [-0.2, -0.15) is 0 Å². The van der Waals surface area contributed by atoms with Crippen LogP contribution in [0.25, 0.3) is 11.0 Å². The Balaban J connectivity index is 1.47. The van der Waals surface area contributed by atoms with Gasteiger partial charge in [0.1, 0.15) is 17.0 Å². The Morgan fingerprint density at radius 3 is 2.62 bits per heavy atom. The molecule has 0 aromatic carbocycles. The molecule has 1 N–H and O–H groups in total. The van der Waals surface area contributed by atoms with E-state index in [0.29, 0.717) is 16.7 Å². The van der Waals surface area contributed by atoms with Crippen LogP contribution < -0.4 is 10.2 Å². The average molecular weight is 342 g/mol. The Labute approximate surface area is 144 Å². The Kier molecular flexibility index (Phi) is 4.08. The number of rotatable bonds is 3. The Morgan fingerprint density at radius 2 is 1.83 bits per heavy atom. The molecule has 0 radical (unpaired) electrons. The first-order valence-corrected chi connectivity index (χ1v) is 8.23. The van der Waals surface area contributed by atoms with Crippen LogP contribution in [0.4, 0.5) is 11.8 Å². The molecule has 4 heterocycles. The summed E-state index contributed by atoms with van der Waals surface area (Å²) >= 11 is 6.01. The number of nitrogens with zero attached hydrogens (tertiary/aromatic N) is 6. The molecule has 0 bridgehead atoms. The summed E-state index contributed by atoms with van der Waals surface area (Å²) in [5.74, 6) is 1.52. The third-order valence-electron chi connectivity index (χ3n) is 4.12. The minimum atomic E-state index is 0.323. The lowest BCUT2D eigenvalue weighted by molar-refractivity contribution is 0.519. The summed E-state index contributed by atoms with van der Waals surface area (Å²) in [6.45, 7) is 1.80. The molecule has 122 valence electrons. The number of anilines is 2. The first kappa shape index (κ1) is 15.0.